The van der Waals surface area contributed by atoms with Gasteiger partial charge in [-0.25, -0.2) is 0 Å². The van der Waals surface area contributed by atoms with E-state index in [0.29, 0.717) is 30.4 Å². The highest BCUT2D eigenvalue weighted by molar-refractivity contribution is 5.73. The summed E-state index contributed by atoms with van der Waals surface area (Å²) < 4.78 is 11.8. The zero-order valence-electron chi connectivity index (χ0n) is 15.5. The summed E-state index contributed by atoms with van der Waals surface area (Å²) in [6.07, 6.45) is 0.665. The fourth-order valence-corrected chi connectivity index (χ4v) is 2.70. The van der Waals surface area contributed by atoms with Crippen LogP contribution in [-0.2, 0) is 11.4 Å². The predicted octanol–water partition coefficient (Wildman–Crippen LogP) is 5.75. The van der Waals surface area contributed by atoms with Crippen molar-refractivity contribution in [2.24, 2.45) is 0 Å². The Morgan fingerprint density at radius 2 is 1.63 bits per heavy atom. The van der Waals surface area contributed by atoms with E-state index in [-0.39, 0.29) is 0 Å². The van der Waals surface area contributed by atoms with Crippen molar-refractivity contribution in [3.63, 3.8) is 0 Å². The zero-order valence-corrected chi connectivity index (χ0v) is 15.5. The second-order valence-corrected chi connectivity index (χ2v) is 6.51. The van der Waals surface area contributed by atoms with Crippen LogP contribution >= 0.6 is 0 Å². The van der Waals surface area contributed by atoms with Crippen LogP contribution in [-0.4, -0.2) is 6.41 Å². The van der Waals surface area contributed by atoms with E-state index in [1.54, 1.807) is 0 Å². The summed E-state index contributed by atoms with van der Waals surface area (Å²) in [7, 11) is 0. The van der Waals surface area contributed by atoms with Gasteiger partial charge in [0.15, 0.2) is 0 Å². The number of rotatable bonds is 8. The van der Waals surface area contributed by atoms with Gasteiger partial charge < -0.3 is 14.8 Å². The lowest BCUT2D eigenvalue weighted by Gasteiger charge is -2.12. The number of benzene rings is 3. The highest BCUT2D eigenvalue weighted by Gasteiger charge is 2.05. The fourth-order valence-electron chi connectivity index (χ4n) is 2.70. The molecule has 0 aromatic heterocycles. The molecular formula is C23H23NO3. The Balaban J connectivity index is 1.66. The summed E-state index contributed by atoms with van der Waals surface area (Å²) in [5, 5.41) is 2.68. The van der Waals surface area contributed by atoms with Gasteiger partial charge in [-0.2, -0.15) is 0 Å². The quantitative estimate of drug-likeness (QED) is 0.520. The van der Waals surface area contributed by atoms with Gasteiger partial charge >= 0.3 is 0 Å². The first-order valence-electron chi connectivity index (χ1n) is 8.94. The van der Waals surface area contributed by atoms with Gasteiger partial charge in [0.05, 0.1) is 0 Å². The average Bonchev–Trinajstić information content (AvgIpc) is 2.68. The van der Waals surface area contributed by atoms with Gasteiger partial charge in [-0.3, -0.25) is 4.79 Å². The van der Waals surface area contributed by atoms with Gasteiger partial charge in [0.2, 0.25) is 6.41 Å². The van der Waals surface area contributed by atoms with Crippen molar-refractivity contribution in [2.45, 2.75) is 26.4 Å². The largest absolute Gasteiger partial charge is 0.489 e. The Hall–Kier alpha value is -3.27. The number of hydrogen-bond acceptors (Lipinski definition) is 3. The molecule has 1 N–H and O–H groups in total. The molecule has 1 amide bonds. The Morgan fingerprint density at radius 1 is 0.889 bits per heavy atom. The first-order chi connectivity index (χ1) is 13.2. The zero-order chi connectivity index (χ0) is 19.1. The molecule has 3 aromatic carbocycles. The van der Waals surface area contributed by atoms with Gasteiger partial charge in [0, 0.05) is 17.3 Å². The summed E-state index contributed by atoms with van der Waals surface area (Å²) in [5.74, 6) is 2.70. The lowest BCUT2D eigenvalue weighted by atomic mass is 10.0. The molecule has 0 saturated carbocycles. The molecular weight excluding hydrogens is 338 g/mol. The van der Waals surface area contributed by atoms with Crippen LogP contribution in [0.5, 0.6) is 17.2 Å². The number of anilines is 1. The molecule has 0 heterocycles. The monoisotopic (exact) mass is 361 g/mol. The number of carbonyl (C=O) groups is 1. The molecule has 3 rings (SSSR count). The predicted molar refractivity (Wildman–Crippen MR) is 108 cm³/mol. The number of carbonyl (C=O) groups excluding carboxylic acids is 1. The minimum atomic E-state index is 0.351. The summed E-state index contributed by atoms with van der Waals surface area (Å²) in [6.45, 7) is 4.68. The van der Waals surface area contributed by atoms with Crippen molar-refractivity contribution in [1.82, 2.24) is 0 Å². The van der Waals surface area contributed by atoms with E-state index in [4.69, 9.17) is 9.47 Å². The third kappa shape index (κ3) is 5.11. The van der Waals surface area contributed by atoms with Crippen molar-refractivity contribution in [3.8, 4) is 17.2 Å². The van der Waals surface area contributed by atoms with Crippen LogP contribution in [0.3, 0.4) is 0 Å². The third-order valence-corrected chi connectivity index (χ3v) is 4.21. The summed E-state index contributed by atoms with van der Waals surface area (Å²) in [5.41, 5.74) is 2.92. The molecule has 4 nitrogen and oxygen atoms in total. The summed E-state index contributed by atoms with van der Waals surface area (Å²) >= 11 is 0. The van der Waals surface area contributed by atoms with Gasteiger partial charge in [0.1, 0.15) is 23.9 Å². The molecule has 0 aliphatic heterocycles. The molecule has 0 bridgehead atoms. The SMILES string of the molecule is CC(C)c1ccc(Oc2cccc(OCc3ccccc3NC=O)c2)cc1. The topological polar surface area (TPSA) is 47.6 Å². The van der Waals surface area contributed by atoms with Crippen LogP contribution in [0.25, 0.3) is 0 Å². The number of amides is 1. The van der Waals surface area contributed by atoms with E-state index < -0.39 is 0 Å². The molecule has 27 heavy (non-hydrogen) atoms. The standard InChI is InChI=1S/C23H23NO3/c1-17(2)18-10-12-20(13-11-18)27-22-8-5-7-21(14-22)26-15-19-6-3-4-9-23(19)24-16-25/h3-14,16-17H,15H2,1-2H3,(H,24,25). The Labute approximate surface area is 159 Å². The van der Waals surface area contributed by atoms with Gasteiger partial charge in [-0.1, -0.05) is 50.2 Å². The van der Waals surface area contributed by atoms with Crippen molar-refractivity contribution in [2.75, 3.05) is 5.32 Å². The van der Waals surface area contributed by atoms with E-state index in [1.807, 2.05) is 60.7 Å². The van der Waals surface area contributed by atoms with E-state index in [9.17, 15) is 4.79 Å². The lowest BCUT2D eigenvalue weighted by Crippen LogP contribution is -2.02. The molecule has 0 radical (unpaired) electrons. The summed E-state index contributed by atoms with van der Waals surface area (Å²) in [4.78, 5) is 10.7. The minimum Gasteiger partial charge on any atom is -0.489 e. The highest BCUT2D eigenvalue weighted by atomic mass is 16.5. The molecule has 0 fully saturated rings. The van der Waals surface area contributed by atoms with Crippen LogP contribution < -0.4 is 14.8 Å². The van der Waals surface area contributed by atoms with Gasteiger partial charge in [-0.15, -0.1) is 0 Å². The molecule has 0 aliphatic carbocycles. The Bertz CT molecular complexity index is 888. The van der Waals surface area contributed by atoms with Gasteiger partial charge in [-0.05, 0) is 41.8 Å². The van der Waals surface area contributed by atoms with Crippen LogP contribution in [0.1, 0.15) is 30.9 Å². The van der Waals surface area contributed by atoms with Gasteiger partial charge in [0.25, 0.3) is 0 Å². The highest BCUT2D eigenvalue weighted by Crippen LogP contribution is 2.27. The molecule has 3 aromatic rings. The second-order valence-electron chi connectivity index (χ2n) is 6.51. The van der Waals surface area contributed by atoms with Crippen LogP contribution in [0.2, 0.25) is 0 Å². The first-order valence-corrected chi connectivity index (χ1v) is 8.94. The first kappa shape index (κ1) is 18.5. The second kappa shape index (κ2) is 8.90. The maximum absolute atomic E-state index is 10.7. The minimum absolute atomic E-state index is 0.351. The Morgan fingerprint density at radius 3 is 2.37 bits per heavy atom. The lowest BCUT2D eigenvalue weighted by molar-refractivity contribution is -0.105. The van der Waals surface area contributed by atoms with Crippen molar-refractivity contribution < 1.29 is 14.3 Å². The van der Waals surface area contributed by atoms with E-state index in [1.165, 1.54) is 5.56 Å². The molecule has 0 unspecified atom stereocenters. The summed E-state index contributed by atoms with van der Waals surface area (Å²) in [6, 6.07) is 23.2. The molecule has 0 aliphatic rings. The van der Waals surface area contributed by atoms with Crippen LogP contribution in [0.15, 0.2) is 72.8 Å². The normalized spacial score (nSPS) is 10.5. The number of nitrogens with one attached hydrogen (secondary N) is 1. The molecule has 4 heteroatoms. The smallest absolute Gasteiger partial charge is 0.211 e. The maximum atomic E-state index is 10.7. The van der Waals surface area contributed by atoms with E-state index >= 15 is 0 Å². The van der Waals surface area contributed by atoms with Crippen molar-refractivity contribution >= 4 is 12.1 Å². The van der Waals surface area contributed by atoms with E-state index in [0.717, 1.165) is 17.0 Å². The number of hydrogen-bond donors (Lipinski definition) is 1. The number of ether oxygens (including phenoxy) is 2. The third-order valence-electron chi connectivity index (χ3n) is 4.21. The van der Waals surface area contributed by atoms with Crippen molar-refractivity contribution in [1.29, 1.82) is 0 Å². The van der Waals surface area contributed by atoms with Crippen LogP contribution in [0, 0.1) is 0 Å². The molecule has 0 saturated heterocycles. The molecule has 138 valence electrons. The molecule has 0 spiro atoms. The van der Waals surface area contributed by atoms with E-state index in [2.05, 4.69) is 31.3 Å². The molecule has 0 atom stereocenters. The number of para-hydroxylation sites is 1. The fraction of sp³-hybridized carbons (Fsp3) is 0.174. The maximum Gasteiger partial charge on any atom is 0.211 e. The van der Waals surface area contributed by atoms with Crippen molar-refractivity contribution in [3.05, 3.63) is 83.9 Å². The Kier molecular flexibility index (Phi) is 6.10. The van der Waals surface area contributed by atoms with Crippen LogP contribution in [0.4, 0.5) is 5.69 Å². The average molecular weight is 361 g/mol.